The van der Waals surface area contributed by atoms with Crippen molar-refractivity contribution in [1.29, 1.82) is 0 Å². The third kappa shape index (κ3) is 4.12. The molecule has 1 saturated heterocycles. The highest BCUT2D eigenvalue weighted by atomic mass is 16.2. The van der Waals surface area contributed by atoms with Gasteiger partial charge in [0.25, 0.3) is 0 Å². The minimum atomic E-state index is -0.315. The van der Waals surface area contributed by atoms with Crippen LogP contribution >= 0.6 is 0 Å². The van der Waals surface area contributed by atoms with Gasteiger partial charge in [0.05, 0.1) is 5.92 Å². The molecule has 3 aromatic carbocycles. The first-order chi connectivity index (χ1) is 13.7. The molecule has 0 aliphatic carbocycles. The van der Waals surface area contributed by atoms with Gasteiger partial charge in [-0.2, -0.15) is 0 Å². The zero-order valence-corrected chi connectivity index (χ0v) is 15.5. The molecule has 0 bridgehead atoms. The van der Waals surface area contributed by atoms with Crippen molar-refractivity contribution in [2.45, 2.75) is 13.0 Å². The minimum absolute atomic E-state index is 0.0310. The average molecular weight is 370 g/mol. The number of anilines is 1. The SMILES string of the molecule is O=C(Nc1ccc(-c2ccccc2)cc1)C1CC(=O)N(Cc2ccccc2)C1. The van der Waals surface area contributed by atoms with Gasteiger partial charge in [-0.15, -0.1) is 0 Å². The van der Waals surface area contributed by atoms with Crippen molar-refractivity contribution >= 4 is 17.5 Å². The standard InChI is InChI=1S/C24H22N2O2/c27-23-15-21(17-26(23)16-18-7-3-1-4-8-18)24(28)25-22-13-11-20(12-14-22)19-9-5-2-6-10-19/h1-14,21H,15-17H2,(H,25,28). The number of benzene rings is 3. The fraction of sp³-hybridized carbons (Fsp3) is 0.167. The summed E-state index contributed by atoms with van der Waals surface area (Å²) in [5, 5.41) is 2.95. The van der Waals surface area contributed by atoms with Gasteiger partial charge in [0.2, 0.25) is 11.8 Å². The molecule has 1 N–H and O–H groups in total. The predicted octanol–water partition coefficient (Wildman–Crippen LogP) is 4.34. The summed E-state index contributed by atoms with van der Waals surface area (Å²) < 4.78 is 0. The van der Waals surface area contributed by atoms with E-state index in [2.05, 4.69) is 17.4 Å². The van der Waals surface area contributed by atoms with Crippen LogP contribution in [0.25, 0.3) is 11.1 Å². The molecule has 1 heterocycles. The largest absolute Gasteiger partial charge is 0.338 e. The highest BCUT2D eigenvalue weighted by molar-refractivity contribution is 5.97. The van der Waals surface area contributed by atoms with Crippen molar-refractivity contribution in [1.82, 2.24) is 4.90 Å². The van der Waals surface area contributed by atoms with Crippen LogP contribution in [0.15, 0.2) is 84.9 Å². The molecule has 4 rings (SSSR count). The van der Waals surface area contributed by atoms with E-state index in [1.54, 1.807) is 4.90 Å². The van der Waals surface area contributed by atoms with Crippen molar-refractivity contribution in [3.05, 3.63) is 90.5 Å². The number of hydrogen-bond acceptors (Lipinski definition) is 2. The lowest BCUT2D eigenvalue weighted by atomic mass is 10.0. The summed E-state index contributed by atoms with van der Waals surface area (Å²) in [6, 6.07) is 27.8. The molecule has 1 fully saturated rings. The van der Waals surface area contributed by atoms with E-state index < -0.39 is 0 Å². The van der Waals surface area contributed by atoms with Gasteiger partial charge in [-0.05, 0) is 28.8 Å². The number of rotatable bonds is 5. The molecule has 1 unspecified atom stereocenters. The van der Waals surface area contributed by atoms with Gasteiger partial charge < -0.3 is 10.2 Å². The van der Waals surface area contributed by atoms with Gasteiger partial charge in [0.15, 0.2) is 0 Å². The molecule has 0 aromatic heterocycles. The number of carbonyl (C=O) groups excluding carboxylic acids is 2. The lowest BCUT2D eigenvalue weighted by molar-refractivity contribution is -0.128. The maximum Gasteiger partial charge on any atom is 0.229 e. The minimum Gasteiger partial charge on any atom is -0.338 e. The molecular weight excluding hydrogens is 348 g/mol. The van der Waals surface area contributed by atoms with Gasteiger partial charge >= 0.3 is 0 Å². The summed E-state index contributed by atoms with van der Waals surface area (Å²) in [7, 11) is 0. The van der Waals surface area contributed by atoms with Crippen LogP contribution in [0.5, 0.6) is 0 Å². The Morgan fingerprint density at radius 2 is 1.46 bits per heavy atom. The molecule has 1 atom stereocenters. The quantitative estimate of drug-likeness (QED) is 0.726. The third-order valence-corrected chi connectivity index (χ3v) is 5.06. The summed E-state index contributed by atoms with van der Waals surface area (Å²) in [5.74, 6) is -0.384. The third-order valence-electron chi connectivity index (χ3n) is 5.06. The van der Waals surface area contributed by atoms with Crippen molar-refractivity contribution in [3.63, 3.8) is 0 Å². The zero-order valence-electron chi connectivity index (χ0n) is 15.5. The molecule has 2 amide bonds. The van der Waals surface area contributed by atoms with E-state index in [1.165, 1.54) is 0 Å². The van der Waals surface area contributed by atoms with Gasteiger partial charge in [-0.25, -0.2) is 0 Å². The molecule has 0 spiro atoms. The Kier molecular flexibility index (Phi) is 5.20. The summed E-state index contributed by atoms with van der Waals surface area (Å²) in [5.41, 5.74) is 4.06. The van der Waals surface area contributed by atoms with Gasteiger partial charge in [0, 0.05) is 25.2 Å². The molecule has 4 heteroatoms. The number of nitrogens with one attached hydrogen (secondary N) is 1. The number of nitrogens with zero attached hydrogens (tertiary/aromatic N) is 1. The lowest BCUT2D eigenvalue weighted by Gasteiger charge is -2.16. The van der Waals surface area contributed by atoms with E-state index in [0.717, 1.165) is 22.4 Å². The van der Waals surface area contributed by atoms with E-state index in [9.17, 15) is 9.59 Å². The average Bonchev–Trinajstić information content (AvgIpc) is 3.10. The zero-order chi connectivity index (χ0) is 19.3. The van der Waals surface area contributed by atoms with Crippen LogP contribution in [0.1, 0.15) is 12.0 Å². The first-order valence-corrected chi connectivity index (χ1v) is 9.47. The van der Waals surface area contributed by atoms with Crippen LogP contribution < -0.4 is 5.32 Å². The molecule has 28 heavy (non-hydrogen) atoms. The number of amides is 2. The van der Waals surface area contributed by atoms with E-state index in [4.69, 9.17) is 0 Å². The van der Waals surface area contributed by atoms with Crippen LogP contribution in [-0.4, -0.2) is 23.3 Å². The second-order valence-electron chi connectivity index (χ2n) is 7.09. The highest BCUT2D eigenvalue weighted by Crippen LogP contribution is 2.24. The second kappa shape index (κ2) is 8.09. The van der Waals surface area contributed by atoms with E-state index >= 15 is 0 Å². The molecule has 3 aromatic rings. The molecule has 4 nitrogen and oxygen atoms in total. The van der Waals surface area contributed by atoms with Crippen molar-refractivity contribution in [3.8, 4) is 11.1 Å². The lowest BCUT2D eigenvalue weighted by Crippen LogP contribution is -2.28. The van der Waals surface area contributed by atoms with Crippen LogP contribution in [0, 0.1) is 5.92 Å². The van der Waals surface area contributed by atoms with Crippen LogP contribution in [0.2, 0.25) is 0 Å². The Morgan fingerprint density at radius 3 is 2.14 bits per heavy atom. The fourth-order valence-corrected chi connectivity index (χ4v) is 3.53. The Morgan fingerprint density at radius 1 is 0.857 bits per heavy atom. The van der Waals surface area contributed by atoms with Gasteiger partial charge in [-0.1, -0.05) is 72.8 Å². The topological polar surface area (TPSA) is 49.4 Å². The van der Waals surface area contributed by atoms with Crippen LogP contribution in [-0.2, 0) is 16.1 Å². The van der Waals surface area contributed by atoms with Crippen LogP contribution in [0.3, 0.4) is 0 Å². The summed E-state index contributed by atoms with van der Waals surface area (Å²) in [6.45, 7) is 1.01. The molecule has 1 aliphatic heterocycles. The first kappa shape index (κ1) is 18.0. The monoisotopic (exact) mass is 370 g/mol. The predicted molar refractivity (Wildman–Crippen MR) is 110 cm³/mol. The number of carbonyl (C=O) groups is 2. The number of hydrogen-bond donors (Lipinski definition) is 1. The van der Waals surface area contributed by atoms with E-state index in [0.29, 0.717) is 13.1 Å². The summed E-state index contributed by atoms with van der Waals surface area (Å²) >= 11 is 0. The Balaban J connectivity index is 1.37. The highest BCUT2D eigenvalue weighted by Gasteiger charge is 2.34. The molecule has 140 valence electrons. The normalized spacial score (nSPS) is 16.2. The number of likely N-dealkylation sites (tertiary alicyclic amines) is 1. The van der Waals surface area contributed by atoms with Crippen LogP contribution in [0.4, 0.5) is 5.69 Å². The Hall–Kier alpha value is -3.40. The molecule has 1 aliphatic rings. The molecular formula is C24H22N2O2. The molecule has 0 radical (unpaired) electrons. The second-order valence-corrected chi connectivity index (χ2v) is 7.09. The van der Waals surface area contributed by atoms with E-state index in [1.807, 2.05) is 72.8 Å². The maximum absolute atomic E-state index is 12.6. The maximum atomic E-state index is 12.6. The Bertz CT molecular complexity index is 953. The summed E-state index contributed by atoms with van der Waals surface area (Å²) in [4.78, 5) is 26.7. The first-order valence-electron chi connectivity index (χ1n) is 9.47. The van der Waals surface area contributed by atoms with Crippen molar-refractivity contribution in [2.24, 2.45) is 5.92 Å². The van der Waals surface area contributed by atoms with Crippen molar-refractivity contribution < 1.29 is 9.59 Å². The van der Waals surface area contributed by atoms with Gasteiger partial charge in [0.1, 0.15) is 0 Å². The Labute approximate surface area is 164 Å². The fourth-order valence-electron chi connectivity index (χ4n) is 3.53. The smallest absolute Gasteiger partial charge is 0.229 e. The summed E-state index contributed by atoms with van der Waals surface area (Å²) in [6.07, 6.45) is 0.265. The molecule has 0 saturated carbocycles. The van der Waals surface area contributed by atoms with Gasteiger partial charge in [-0.3, -0.25) is 9.59 Å². The van der Waals surface area contributed by atoms with E-state index in [-0.39, 0.29) is 24.2 Å². The van der Waals surface area contributed by atoms with Crippen molar-refractivity contribution in [2.75, 3.05) is 11.9 Å².